The minimum atomic E-state index is -0.304. The molecule has 0 bridgehead atoms. The predicted molar refractivity (Wildman–Crippen MR) is 79.7 cm³/mol. The Balaban J connectivity index is 2.69. The van der Waals surface area contributed by atoms with Gasteiger partial charge in [-0.1, -0.05) is 13.8 Å². The van der Waals surface area contributed by atoms with Gasteiger partial charge in [0.05, 0.1) is 12.8 Å². The molecule has 0 aliphatic heterocycles. The molecule has 0 unspecified atom stereocenters. The van der Waals surface area contributed by atoms with Gasteiger partial charge in [0.15, 0.2) is 0 Å². The molecule has 0 amide bonds. The molecule has 2 rings (SSSR count). The normalized spacial score (nSPS) is 10.7. The number of hydrogen-bond acceptors (Lipinski definition) is 4. The molecular weight excluding hydrogens is 275 g/mol. The smallest absolute Gasteiger partial charge is 0.213 e. The number of halogens is 1. The molecule has 5 heteroatoms. The Morgan fingerprint density at radius 3 is 2.65 bits per heavy atom. The molecule has 1 heterocycles. The third-order valence-corrected chi connectivity index (χ3v) is 3.26. The van der Waals surface area contributed by atoms with Crippen molar-refractivity contribution in [2.75, 3.05) is 7.11 Å². The summed E-state index contributed by atoms with van der Waals surface area (Å²) in [5.74, 6) is 0.296. The van der Waals surface area contributed by atoms with Crippen LogP contribution in [0.25, 0.3) is 11.1 Å². The summed E-state index contributed by atoms with van der Waals surface area (Å²) in [7, 11) is 1.54. The highest BCUT2D eigenvalue weighted by molar-refractivity contribution is 7.47. The van der Waals surface area contributed by atoms with E-state index in [1.807, 2.05) is 13.8 Å². The number of ether oxygens (including phenoxy) is 1. The fourth-order valence-electron chi connectivity index (χ4n) is 2.07. The molecule has 1 aromatic heterocycles. The second kappa shape index (κ2) is 6.05. The van der Waals surface area contributed by atoms with Gasteiger partial charge < -0.3 is 4.74 Å². The van der Waals surface area contributed by atoms with Crippen molar-refractivity contribution >= 4 is 18.1 Å². The van der Waals surface area contributed by atoms with Crippen LogP contribution in [-0.2, 0) is 12.4 Å². The van der Waals surface area contributed by atoms with Crippen molar-refractivity contribution in [3.05, 3.63) is 41.8 Å². The number of pyridine rings is 1. The fraction of sp³-hybridized carbons (Fsp3) is 0.267. The van der Waals surface area contributed by atoms with Crippen LogP contribution in [-0.4, -0.2) is 12.1 Å². The first-order valence-electron chi connectivity index (χ1n) is 6.24. The van der Waals surface area contributed by atoms with Crippen molar-refractivity contribution in [2.24, 2.45) is 4.36 Å². The summed E-state index contributed by atoms with van der Waals surface area (Å²) in [6.07, 6.45) is 1.61. The number of hydrogen-bond donors (Lipinski definition) is 0. The van der Waals surface area contributed by atoms with E-state index in [-0.39, 0.29) is 11.7 Å². The van der Waals surface area contributed by atoms with Gasteiger partial charge in [-0.2, -0.15) is 4.36 Å². The molecule has 0 spiro atoms. The van der Waals surface area contributed by atoms with Crippen LogP contribution >= 0.6 is 0 Å². The maximum Gasteiger partial charge on any atom is 0.213 e. The summed E-state index contributed by atoms with van der Waals surface area (Å²) in [5.41, 5.74) is 2.86. The zero-order chi connectivity index (χ0) is 14.7. The van der Waals surface area contributed by atoms with E-state index >= 15 is 0 Å². The van der Waals surface area contributed by atoms with Crippen molar-refractivity contribution in [2.45, 2.75) is 19.8 Å². The molecule has 3 nitrogen and oxygen atoms in total. The third kappa shape index (κ3) is 2.82. The van der Waals surface area contributed by atoms with Crippen LogP contribution in [0.3, 0.4) is 0 Å². The van der Waals surface area contributed by atoms with Crippen molar-refractivity contribution in [3.8, 4) is 17.0 Å². The Labute approximate surface area is 123 Å². The maximum atomic E-state index is 13.8. The van der Waals surface area contributed by atoms with E-state index < -0.39 is 0 Å². The Kier molecular flexibility index (Phi) is 4.39. The van der Waals surface area contributed by atoms with Crippen LogP contribution < -0.4 is 4.74 Å². The summed E-state index contributed by atoms with van der Waals surface area (Å²) in [6, 6.07) is 6.44. The number of rotatable bonds is 4. The zero-order valence-electron chi connectivity index (χ0n) is 11.6. The zero-order valence-corrected chi connectivity index (χ0v) is 12.4. The Bertz CT molecular complexity index is 644. The monoisotopic (exact) mass is 290 g/mol. The lowest BCUT2D eigenvalue weighted by Crippen LogP contribution is -1.94. The Morgan fingerprint density at radius 2 is 2.05 bits per heavy atom. The van der Waals surface area contributed by atoms with E-state index in [1.165, 1.54) is 19.2 Å². The SMILES string of the molecule is COc1cc(-c2cc(F)cc(C(C)C)c2N=S)ccn1. The lowest BCUT2D eigenvalue weighted by Gasteiger charge is -2.14. The highest BCUT2D eigenvalue weighted by Gasteiger charge is 2.15. The molecule has 0 aliphatic rings. The average molecular weight is 290 g/mol. The number of nitrogens with zero attached hydrogens (tertiary/aromatic N) is 2. The second-order valence-electron chi connectivity index (χ2n) is 4.72. The molecule has 2 aromatic rings. The molecule has 0 fully saturated rings. The Morgan fingerprint density at radius 1 is 1.30 bits per heavy atom. The predicted octanol–water partition coefficient (Wildman–Crippen LogP) is 4.38. The van der Waals surface area contributed by atoms with Crippen LogP contribution in [0.1, 0.15) is 25.3 Å². The lowest BCUT2D eigenvalue weighted by molar-refractivity contribution is 0.398. The van der Waals surface area contributed by atoms with Gasteiger partial charge in [0.2, 0.25) is 5.88 Å². The minimum absolute atomic E-state index is 0.134. The van der Waals surface area contributed by atoms with Gasteiger partial charge in [-0.3, -0.25) is 0 Å². The second-order valence-corrected chi connectivity index (χ2v) is 4.91. The summed E-state index contributed by atoms with van der Waals surface area (Å²) in [5, 5.41) is 0. The van der Waals surface area contributed by atoms with Crippen LogP contribution in [0.2, 0.25) is 0 Å². The van der Waals surface area contributed by atoms with Crippen molar-refractivity contribution in [3.63, 3.8) is 0 Å². The number of aromatic nitrogens is 1. The average Bonchev–Trinajstić information content (AvgIpc) is 2.46. The van der Waals surface area contributed by atoms with Crippen molar-refractivity contribution < 1.29 is 9.13 Å². The van der Waals surface area contributed by atoms with E-state index in [9.17, 15) is 4.39 Å². The lowest BCUT2D eigenvalue weighted by atomic mass is 9.94. The van der Waals surface area contributed by atoms with Gasteiger partial charge in [-0.15, -0.1) is 0 Å². The Hall–Kier alpha value is -1.88. The van der Waals surface area contributed by atoms with Gasteiger partial charge in [0, 0.05) is 30.3 Å². The van der Waals surface area contributed by atoms with E-state index in [2.05, 4.69) is 9.35 Å². The molecule has 104 valence electrons. The molecule has 0 aliphatic carbocycles. The number of benzene rings is 1. The molecule has 0 atom stereocenters. The quantitative estimate of drug-likeness (QED) is 0.838. The third-order valence-electron chi connectivity index (χ3n) is 3.07. The fourth-order valence-corrected chi connectivity index (χ4v) is 2.27. The van der Waals surface area contributed by atoms with Gasteiger partial charge in [-0.05, 0) is 35.2 Å². The standard InChI is InChI=1S/C15H15FN2OS/c1-9(2)12-7-11(16)8-13(15(12)18-20)10-4-5-17-14(6-10)19-3/h4-9H,1-3H3. The summed E-state index contributed by atoms with van der Waals surface area (Å²) in [6.45, 7) is 3.96. The molecule has 0 radical (unpaired) electrons. The van der Waals surface area contributed by atoms with E-state index in [0.717, 1.165) is 11.1 Å². The first kappa shape index (κ1) is 14.5. The first-order valence-corrected chi connectivity index (χ1v) is 6.60. The largest absolute Gasteiger partial charge is 0.481 e. The molecule has 20 heavy (non-hydrogen) atoms. The minimum Gasteiger partial charge on any atom is -0.481 e. The van der Waals surface area contributed by atoms with Gasteiger partial charge >= 0.3 is 0 Å². The maximum absolute atomic E-state index is 13.8. The van der Waals surface area contributed by atoms with E-state index in [4.69, 9.17) is 17.2 Å². The van der Waals surface area contributed by atoms with Crippen LogP contribution in [0, 0.1) is 5.82 Å². The summed E-state index contributed by atoms with van der Waals surface area (Å²) < 4.78 is 22.9. The molecule has 0 saturated heterocycles. The topological polar surface area (TPSA) is 34.5 Å². The van der Waals surface area contributed by atoms with Crippen LogP contribution in [0.5, 0.6) is 5.88 Å². The van der Waals surface area contributed by atoms with Gasteiger partial charge in [0.1, 0.15) is 5.82 Å². The van der Waals surface area contributed by atoms with E-state index in [1.54, 1.807) is 18.3 Å². The van der Waals surface area contributed by atoms with Crippen molar-refractivity contribution in [1.82, 2.24) is 4.98 Å². The van der Waals surface area contributed by atoms with Gasteiger partial charge in [0.25, 0.3) is 0 Å². The van der Waals surface area contributed by atoms with Gasteiger partial charge in [-0.25, -0.2) is 9.37 Å². The molecular formula is C15H15FN2OS. The molecule has 0 saturated carbocycles. The highest BCUT2D eigenvalue weighted by Crippen LogP contribution is 2.38. The molecule has 0 N–H and O–H groups in total. The first-order chi connectivity index (χ1) is 9.56. The molecule has 1 aromatic carbocycles. The highest BCUT2D eigenvalue weighted by atomic mass is 32.1. The van der Waals surface area contributed by atoms with Crippen LogP contribution in [0.4, 0.5) is 10.1 Å². The summed E-state index contributed by atoms with van der Waals surface area (Å²) >= 11 is 4.87. The summed E-state index contributed by atoms with van der Waals surface area (Å²) in [4.78, 5) is 4.05. The van der Waals surface area contributed by atoms with E-state index in [0.29, 0.717) is 17.1 Å². The van der Waals surface area contributed by atoms with Crippen LogP contribution in [0.15, 0.2) is 34.8 Å². The number of methoxy groups -OCH3 is 1. The van der Waals surface area contributed by atoms with Crippen molar-refractivity contribution in [1.29, 1.82) is 0 Å².